The van der Waals surface area contributed by atoms with Gasteiger partial charge in [-0.05, 0) is 143 Å². The summed E-state index contributed by atoms with van der Waals surface area (Å²) < 4.78 is 5.81. The Labute approximate surface area is 233 Å². The number of amides is 1. The molecule has 0 aromatic heterocycles. The number of rotatable bonds is 2. The lowest BCUT2D eigenvalue weighted by Crippen LogP contribution is -2.69. The summed E-state index contributed by atoms with van der Waals surface area (Å²) in [6.07, 6.45) is 11.1. The van der Waals surface area contributed by atoms with Crippen LogP contribution in [0.4, 0.5) is 4.79 Å². The largest absolute Gasteiger partial charge is 0.444 e. The lowest BCUT2D eigenvalue weighted by atomic mass is 9.32. The van der Waals surface area contributed by atoms with E-state index in [2.05, 4.69) is 53.4 Å². The third-order valence-electron chi connectivity index (χ3n) is 13.8. The molecular weight excluding hydrogens is 470 g/mol. The molecule has 0 bridgehead atoms. The highest BCUT2D eigenvalue weighted by Gasteiger charge is 2.71. The fourth-order valence-corrected chi connectivity index (χ4v) is 11.9. The average Bonchev–Trinajstić information content (AvgIpc) is 3.15. The van der Waals surface area contributed by atoms with Gasteiger partial charge in [0.15, 0.2) is 0 Å². The van der Waals surface area contributed by atoms with Gasteiger partial charge in [-0.25, -0.2) is 4.79 Å². The van der Waals surface area contributed by atoms with Gasteiger partial charge in [0.1, 0.15) is 5.60 Å². The molecule has 0 saturated heterocycles. The van der Waals surface area contributed by atoms with Crippen LogP contribution in [0, 0.1) is 51.2 Å². The molecule has 38 heavy (non-hydrogen) atoms. The summed E-state index contributed by atoms with van der Waals surface area (Å²) in [5.74, 6) is 2.75. The second kappa shape index (κ2) is 8.73. The van der Waals surface area contributed by atoms with Gasteiger partial charge in [0.2, 0.25) is 0 Å². The van der Waals surface area contributed by atoms with Crippen molar-refractivity contribution in [3.05, 3.63) is 12.2 Å². The van der Waals surface area contributed by atoms with Gasteiger partial charge in [0, 0.05) is 5.54 Å². The van der Waals surface area contributed by atoms with Crippen LogP contribution in [0.15, 0.2) is 12.2 Å². The van der Waals surface area contributed by atoms with E-state index in [1.807, 2.05) is 20.8 Å². The molecule has 1 amide bonds. The Morgan fingerprint density at radius 3 is 2.18 bits per heavy atom. The highest BCUT2D eigenvalue weighted by Crippen LogP contribution is 2.76. The van der Waals surface area contributed by atoms with Crippen LogP contribution in [0.2, 0.25) is 0 Å². The molecule has 0 radical (unpaired) electrons. The molecule has 5 rings (SSSR count). The molecule has 0 spiro atoms. The van der Waals surface area contributed by atoms with Gasteiger partial charge in [-0.2, -0.15) is 0 Å². The van der Waals surface area contributed by atoms with Gasteiger partial charge in [0.25, 0.3) is 0 Å². The summed E-state index contributed by atoms with van der Waals surface area (Å²) in [7, 11) is 0. The Bertz CT molecular complexity index is 981. The third-order valence-corrected chi connectivity index (χ3v) is 13.8. The molecule has 10 unspecified atom stereocenters. The van der Waals surface area contributed by atoms with Crippen LogP contribution in [0.5, 0.6) is 0 Å². The van der Waals surface area contributed by atoms with E-state index >= 15 is 0 Å². The fraction of sp³-hybridized carbons (Fsp3) is 0.912. The van der Waals surface area contributed by atoms with E-state index in [9.17, 15) is 9.90 Å². The minimum atomic E-state index is -0.493. The summed E-state index contributed by atoms with van der Waals surface area (Å²) in [6, 6.07) is 0. The maximum absolute atomic E-state index is 13.2. The minimum absolute atomic E-state index is 0.0123. The number of aliphatic hydroxyl groups is 1. The van der Waals surface area contributed by atoms with Crippen LogP contribution in [0.1, 0.15) is 127 Å². The molecule has 2 N–H and O–H groups in total. The molecule has 0 aromatic rings. The Balaban J connectivity index is 1.51. The van der Waals surface area contributed by atoms with Crippen LogP contribution in [0.25, 0.3) is 0 Å². The smallest absolute Gasteiger partial charge is 0.408 e. The van der Waals surface area contributed by atoms with E-state index in [1.54, 1.807) is 0 Å². The zero-order valence-electron chi connectivity index (χ0n) is 26.0. The highest BCUT2D eigenvalue weighted by molar-refractivity contribution is 5.69. The van der Waals surface area contributed by atoms with Crippen LogP contribution in [-0.4, -0.2) is 28.4 Å². The Hall–Kier alpha value is -1.03. The van der Waals surface area contributed by atoms with Crippen molar-refractivity contribution in [1.82, 2.24) is 5.32 Å². The quantitative estimate of drug-likeness (QED) is 0.355. The molecule has 4 heteroatoms. The number of ether oxygens (including phenoxy) is 1. The molecule has 4 nitrogen and oxygen atoms in total. The first-order valence-corrected chi connectivity index (χ1v) is 15.8. The summed E-state index contributed by atoms with van der Waals surface area (Å²) in [5.41, 5.74) is 1.41. The summed E-state index contributed by atoms with van der Waals surface area (Å²) >= 11 is 0. The normalized spacial score (nSPS) is 49.6. The first-order valence-electron chi connectivity index (χ1n) is 15.8. The molecule has 5 aliphatic rings. The number of fused-ring (bicyclic) bond motifs is 7. The number of carbonyl (C=O) groups excluding carboxylic acids is 1. The molecule has 0 aromatic carbocycles. The monoisotopic (exact) mass is 527 g/mol. The fourth-order valence-electron chi connectivity index (χ4n) is 11.9. The van der Waals surface area contributed by atoms with E-state index in [-0.39, 0.29) is 39.4 Å². The molecule has 0 heterocycles. The van der Waals surface area contributed by atoms with Crippen molar-refractivity contribution in [3.8, 4) is 0 Å². The Morgan fingerprint density at radius 2 is 1.55 bits per heavy atom. The van der Waals surface area contributed by atoms with Crippen molar-refractivity contribution in [2.24, 2.45) is 51.2 Å². The number of carbonyl (C=O) groups is 1. The summed E-state index contributed by atoms with van der Waals surface area (Å²) in [5, 5.41) is 14.5. The van der Waals surface area contributed by atoms with E-state index in [0.29, 0.717) is 29.6 Å². The van der Waals surface area contributed by atoms with Crippen LogP contribution in [0.3, 0.4) is 0 Å². The maximum atomic E-state index is 13.2. The van der Waals surface area contributed by atoms with Crippen LogP contribution >= 0.6 is 0 Å². The molecule has 5 saturated carbocycles. The maximum Gasteiger partial charge on any atom is 0.408 e. The number of allylic oxidation sites excluding steroid dienone is 1. The average molecular weight is 528 g/mol. The van der Waals surface area contributed by atoms with Crippen molar-refractivity contribution >= 4 is 6.09 Å². The minimum Gasteiger partial charge on any atom is -0.444 e. The number of hydrogen-bond donors (Lipinski definition) is 2. The molecule has 5 fully saturated rings. The third kappa shape index (κ3) is 3.88. The van der Waals surface area contributed by atoms with Crippen molar-refractivity contribution in [2.45, 2.75) is 144 Å². The molecule has 0 aliphatic heterocycles. The lowest BCUT2D eigenvalue weighted by molar-refractivity contribution is -0.243. The van der Waals surface area contributed by atoms with Gasteiger partial charge >= 0.3 is 6.09 Å². The van der Waals surface area contributed by atoms with Gasteiger partial charge in [-0.3, -0.25) is 0 Å². The second-order valence-electron chi connectivity index (χ2n) is 16.8. The van der Waals surface area contributed by atoms with Gasteiger partial charge in [0.05, 0.1) is 6.10 Å². The van der Waals surface area contributed by atoms with E-state index < -0.39 is 5.60 Å². The Morgan fingerprint density at radius 1 is 0.868 bits per heavy atom. The van der Waals surface area contributed by atoms with Gasteiger partial charge in [-0.15, -0.1) is 0 Å². The number of aliphatic hydroxyl groups excluding tert-OH is 1. The van der Waals surface area contributed by atoms with Crippen molar-refractivity contribution in [3.63, 3.8) is 0 Å². The molecular formula is C34H57NO3. The summed E-state index contributed by atoms with van der Waals surface area (Å²) in [6.45, 7) is 25.1. The topological polar surface area (TPSA) is 58.6 Å². The summed E-state index contributed by atoms with van der Waals surface area (Å²) in [4.78, 5) is 13.2. The first-order chi connectivity index (χ1) is 17.4. The predicted molar refractivity (Wildman–Crippen MR) is 155 cm³/mol. The van der Waals surface area contributed by atoms with Gasteiger partial charge < -0.3 is 15.2 Å². The van der Waals surface area contributed by atoms with Crippen LogP contribution in [-0.2, 0) is 4.74 Å². The second-order valence-corrected chi connectivity index (χ2v) is 16.8. The van der Waals surface area contributed by atoms with Crippen molar-refractivity contribution in [1.29, 1.82) is 0 Å². The number of nitrogens with one attached hydrogen (secondary N) is 1. The zero-order chi connectivity index (χ0) is 28.1. The van der Waals surface area contributed by atoms with Crippen LogP contribution < -0.4 is 5.32 Å². The predicted octanol–water partition coefficient (Wildman–Crippen LogP) is 8.28. The molecule has 216 valence electrons. The van der Waals surface area contributed by atoms with Crippen molar-refractivity contribution < 1.29 is 14.6 Å². The number of hydrogen-bond acceptors (Lipinski definition) is 3. The standard InChI is InChI=1S/C34H57NO3/c1-21(2)22-13-18-34(35-28(37)38-29(3,4)5)20-19-32(9)23(27(22)34)11-12-25-31(8)16-15-26(36)30(6,7)24(31)14-17-33(25,32)10/h22-27,36H,1,11-20H2,2-10H3,(H,35,37). The van der Waals surface area contributed by atoms with Crippen molar-refractivity contribution in [2.75, 3.05) is 0 Å². The first kappa shape index (κ1) is 28.5. The van der Waals surface area contributed by atoms with Gasteiger partial charge in [-0.1, -0.05) is 46.8 Å². The molecule has 5 aliphatic carbocycles. The molecule has 10 atom stereocenters. The lowest BCUT2D eigenvalue weighted by Gasteiger charge is -2.73. The van der Waals surface area contributed by atoms with E-state index in [1.165, 1.54) is 37.7 Å². The zero-order valence-corrected chi connectivity index (χ0v) is 26.0. The highest BCUT2D eigenvalue weighted by atomic mass is 16.6. The number of alkyl carbamates (subject to hydrolysis) is 1. The van der Waals surface area contributed by atoms with E-state index in [4.69, 9.17) is 4.74 Å². The van der Waals surface area contributed by atoms with E-state index in [0.717, 1.165) is 32.1 Å². The Kier molecular flexibility index (Phi) is 6.55. The SMILES string of the molecule is C=C(C)C1CCC2(NC(=O)OC(C)(C)C)CCC3(C)C(CCC4C5(C)CCC(O)C(C)(C)C5CCC43C)C12.